The molecule has 0 unspecified atom stereocenters. The SMILES string of the molecule is O=C(O)c1ccc(CN2[C@@H]3CC[C@H]2C[C@H](Nc2ccc(Cn4cncn4)cc2)C3)cc1. The van der Waals surface area contributed by atoms with E-state index in [9.17, 15) is 4.79 Å². The second-order valence-corrected chi connectivity index (χ2v) is 8.66. The topological polar surface area (TPSA) is 83.3 Å². The van der Waals surface area contributed by atoms with Crippen LogP contribution in [-0.2, 0) is 13.1 Å². The molecule has 31 heavy (non-hydrogen) atoms. The van der Waals surface area contributed by atoms with Crippen LogP contribution in [0.2, 0.25) is 0 Å². The summed E-state index contributed by atoms with van der Waals surface area (Å²) in [5.41, 5.74) is 3.92. The molecule has 2 aromatic carbocycles. The molecule has 1 aromatic heterocycles. The van der Waals surface area contributed by atoms with Crippen molar-refractivity contribution >= 4 is 11.7 Å². The van der Waals surface area contributed by atoms with E-state index < -0.39 is 5.97 Å². The Labute approximate surface area is 181 Å². The molecule has 3 aromatic rings. The number of benzene rings is 2. The standard InChI is InChI=1S/C24H27N5O2/c30-24(31)19-5-1-18(2-6-19)14-29-22-9-10-23(29)12-21(11-22)27-20-7-3-17(4-8-20)13-28-16-25-15-26-28/h1-8,15-16,21-23,27H,9-14H2,(H,30,31)/t21-,22-,23+. The number of fused-ring (bicyclic) bond motifs is 2. The number of nitrogens with one attached hydrogen (secondary N) is 1. The van der Waals surface area contributed by atoms with E-state index in [2.05, 4.69) is 44.6 Å². The molecule has 3 heterocycles. The number of aromatic carboxylic acids is 1. The van der Waals surface area contributed by atoms with Crippen molar-refractivity contribution < 1.29 is 9.90 Å². The minimum absolute atomic E-state index is 0.349. The Balaban J connectivity index is 1.17. The van der Waals surface area contributed by atoms with Gasteiger partial charge in [0.15, 0.2) is 0 Å². The molecule has 5 rings (SSSR count). The van der Waals surface area contributed by atoms with Gasteiger partial charge >= 0.3 is 5.97 Å². The highest BCUT2D eigenvalue weighted by Gasteiger charge is 2.40. The maximum Gasteiger partial charge on any atom is 0.335 e. The van der Waals surface area contributed by atoms with Gasteiger partial charge in [0.1, 0.15) is 12.7 Å². The van der Waals surface area contributed by atoms with Gasteiger partial charge in [-0.05, 0) is 61.1 Å². The van der Waals surface area contributed by atoms with Crippen molar-refractivity contribution in [3.63, 3.8) is 0 Å². The molecular formula is C24H27N5O2. The number of anilines is 1. The monoisotopic (exact) mass is 417 g/mol. The van der Waals surface area contributed by atoms with Gasteiger partial charge < -0.3 is 10.4 Å². The molecule has 0 radical (unpaired) electrons. The van der Waals surface area contributed by atoms with Gasteiger partial charge in [-0.25, -0.2) is 14.5 Å². The van der Waals surface area contributed by atoms with E-state index in [0.717, 1.165) is 25.9 Å². The number of rotatable bonds is 7. The largest absolute Gasteiger partial charge is 0.478 e. The highest BCUT2D eigenvalue weighted by molar-refractivity contribution is 5.87. The Bertz CT molecular complexity index is 1000. The first kappa shape index (κ1) is 19.8. The van der Waals surface area contributed by atoms with Gasteiger partial charge in [0.05, 0.1) is 12.1 Å². The quantitative estimate of drug-likeness (QED) is 0.611. The fourth-order valence-electron chi connectivity index (χ4n) is 5.06. The molecule has 3 atom stereocenters. The lowest BCUT2D eigenvalue weighted by atomic mass is 9.96. The molecule has 2 saturated heterocycles. The fourth-order valence-corrected chi connectivity index (χ4v) is 5.06. The maximum absolute atomic E-state index is 11.1. The van der Waals surface area contributed by atoms with E-state index in [0.29, 0.717) is 23.7 Å². The van der Waals surface area contributed by atoms with Crippen LogP contribution in [0.1, 0.15) is 47.2 Å². The van der Waals surface area contributed by atoms with E-state index in [1.807, 2.05) is 16.8 Å². The first-order valence-corrected chi connectivity index (χ1v) is 10.9. The van der Waals surface area contributed by atoms with E-state index in [-0.39, 0.29) is 0 Å². The zero-order chi connectivity index (χ0) is 21.2. The van der Waals surface area contributed by atoms with E-state index >= 15 is 0 Å². The third-order valence-electron chi connectivity index (χ3n) is 6.59. The van der Waals surface area contributed by atoms with Crippen LogP contribution in [-0.4, -0.2) is 48.9 Å². The Morgan fingerprint density at radius 3 is 2.23 bits per heavy atom. The van der Waals surface area contributed by atoms with Gasteiger partial charge in [-0.1, -0.05) is 24.3 Å². The zero-order valence-electron chi connectivity index (χ0n) is 17.4. The molecule has 0 amide bonds. The van der Waals surface area contributed by atoms with Crippen LogP contribution < -0.4 is 5.32 Å². The van der Waals surface area contributed by atoms with Crippen LogP contribution in [0.4, 0.5) is 5.69 Å². The van der Waals surface area contributed by atoms with Crippen molar-refractivity contribution in [2.45, 2.75) is 56.9 Å². The lowest BCUT2D eigenvalue weighted by Gasteiger charge is -2.39. The summed E-state index contributed by atoms with van der Waals surface area (Å²) in [5, 5.41) is 17.0. The smallest absolute Gasteiger partial charge is 0.335 e. The molecule has 2 aliphatic rings. The maximum atomic E-state index is 11.1. The van der Waals surface area contributed by atoms with Gasteiger partial charge in [-0.15, -0.1) is 0 Å². The van der Waals surface area contributed by atoms with Crippen molar-refractivity contribution in [3.05, 3.63) is 77.9 Å². The number of piperidine rings is 1. The van der Waals surface area contributed by atoms with Gasteiger partial charge in [0.2, 0.25) is 0 Å². The summed E-state index contributed by atoms with van der Waals surface area (Å²) in [6, 6.07) is 17.6. The van der Waals surface area contributed by atoms with E-state index in [1.165, 1.54) is 29.7 Å². The van der Waals surface area contributed by atoms with E-state index in [1.54, 1.807) is 24.8 Å². The second-order valence-electron chi connectivity index (χ2n) is 8.66. The Morgan fingerprint density at radius 2 is 1.61 bits per heavy atom. The molecule has 0 spiro atoms. The molecule has 160 valence electrons. The number of aromatic nitrogens is 3. The number of carboxylic acids is 1. The summed E-state index contributed by atoms with van der Waals surface area (Å²) in [7, 11) is 0. The van der Waals surface area contributed by atoms with Gasteiger partial charge in [0, 0.05) is 30.4 Å². The zero-order valence-corrected chi connectivity index (χ0v) is 17.4. The predicted octanol–water partition coefficient (Wildman–Crippen LogP) is 3.63. The predicted molar refractivity (Wildman–Crippen MR) is 118 cm³/mol. The van der Waals surface area contributed by atoms with Crippen LogP contribution in [0.15, 0.2) is 61.2 Å². The molecule has 2 aliphatic heterocycles. The van der Waals surface area contributed by atoms with Gasteiger partial charge in [-0.2, -0.15) is 5.10 Å². The molecule has 2 fully saturated rings. The number of nitrogens with zero attached hydrogens (tertiary/aromatic N) is 4. The molecule has 0 saturated carbocycles. The summed E-state index contributed by atoms with van der Waals surface area (Å²) in [6.45, 7) is 1.63. The van der Waals surface area contributed by atoms with Crippen molar-refractivity contribution in [1.29, 1.82) is 0 Å². The molecule has 2 bridgehead atoms. The first-order chi connectivity index (χ1) is 15.1. The minimum atomic E-state index is -0.870. The van der Waals surface area contributed by atoms with Crippen molar-refractivity contribution in [2.24, 2.45) is 0 Å². The lowest BCUT2D eigenvalue weighted by molar-refractivity contribution is 0.0696. The van der Waals surface area contributed by atoms with Crippen LogP contribution >= 0.6 is 0 Å². The molecule has 2 N–H and O–H groups in total. The summed E-state index contributed by atoms with van der Waals surface area (Å²) in [6.07, 6.45) is 8.06. The first-order valence-electron chi connectivity index (χ1n) is 10.9. The van der Waals surface area contributed by atoms with Gasteiger partial charge in [0.25, 0.3) is 0 Å². The number of carboxylic acid groups (broad SMARTS) is 1. The molecule has 0 aliphatic carbocycles. The molecule has 7 heteroatoms. The lowest BCUT2D eigenvalue weighted by Crippen LogP contribution is -2.46. The minimum Gasteiger partial charge on any atom is -0.478 e. The third kappa shape index (κ3) is 4.46. The highest BCUT2D eigenvalue weighted by atomic mass is 16.4. The van der Waals surface area contributed by atoms with Crippen molar-refractivity contribution in [1.82, 2.24) is 19.7 Å². The van der Waals surface area contributed by atoms with Crippen molar-refractivity contribution in [3.8, 4) is 0 Å². The number of carbonyl (C=O) groups is 1. The Morgan fingerprint density at radius 1 is 0.968 bits per heavy atom. The van der Waals surface area contributed by atoms with Crippen LogP contribution in [0.3, 0.4) is 0 Å². The van der Waals surface area contributed by atoms with Crippen LogP contribution in [0.25, 0.3) is 0 Å². The fraction of sp³-hybridized carbons (Fsp3) is 0.375. The van der Waals surface area contributed by atoms with Gasteiger partial charge in [-0.3, -0.25) is 4.90 Å². The average Bonchev–Trinajstić information content (AvgIpc) is 3.35. The van der Waals surface area contributed by atoms with Crippen molar-refractivity contribution in [2.75, 3.05) is 5.32 Å². The normalized spacial score (nSPS) is 23.0. The Hall–Kier alpha value is -3.19. The molecular weight excluding hydrogens is 390 g/mol. The second kappa shape index (κ2) is 8.51. The van der Waals surface area contributed by atoms with E-state index in [4.69, 9.17) is 5.11 Å². The summed E-state index contributed by atoms with van der Waals surface area (Å²) in [5.74, 6) is -0.870. The van der Waals surface area contributed by atoms with Crippen LogP contribution in [0, 0.1) is 0 Å². The summed E-state index contributed by atoms with van der Waals surface area (Å²) >= 11 is 0. The Kier molecular flexibility index (Phi) is 5.42. The number of hydrogen-bond acceptors (Lipinski definition) is 5. The molecule has 7 nitrogen and oxygen atoms in total. The number of hydrogen-bond donors (Lipinski definition) is 2. The summed E-state index contributed by atoms with van der Waals surface area (Å²) < 4.78 is 1.82. The average molecular weight is 418 g/mol. The third-order valence-corrected chi connectivity index (χ3v) is 6.59. The van der Waals surface area contributed by atoms with Crippen LogP contribution in [0.5, 0.6) is 0 Å². The highest BCUT2D eigenvalue weighted by Crippen LogP contribution is 2.38. The summed E-state index contributed by atoms with van der Waals surface area (Å²) in [4.78, 5) is 17.7.